The van der Waals surface area contributed by atoms with Gasteiger partial charge in [0.1, 0.15) is 0 Å². The average Bonchev–Trinajstić information content (AvgIpc) is 2.93. The van der Waals surface area contributed by atoms with E-state index in [1.807, 2.05) is 30.5 Å². The minimum Gasteiger partial charge on any atom is -0.317 e. The van der Waals surface area contributed by atoms with Crippen molar-refractivity contribution in [2.24, 2.45) is 4.99 Å². The predicted molar refractivity (Wildman–Crippen MR) is 113 cm³/mol. The fourth-order valence-corrected chi connectivity index (χ4v) is 3.51. The van der Waals surface area contributed by atoms with Gasteiger partial charge in [-0.25, -0.2) is 0 Å². The number of Topliss-reactive ketones (excluding diaryl/α,β-unsaturated/α-hetero) is 1. The van der Waals surface area contributed by atoms with Gasteiger partial charge in [-0.2, -0.15) is 0 Å². The van der Waals surface area contributed by atoms with Crippen molar-refractivity contribution in [1.82, 2.24) is 4.57 Å². The molecule has 0 aliphatic carbocycles. The largest absolute Gasteiger partial charge is 0.317 e. The van der Waals surface area contributed by atoms with Crippen LogP contribution in [0.3, 0.4) is 0 Å². The highest BCUT2D eigenvalue weighted by Crippen LogP contribution is 2.26. The van der Waals surface area contributed by atoms with E-state index in [2.05, 4.69) is 61.5 Å². The third kappa shape index (κ3) is 3.77. The summed E-state index contributed by atoms with van der Waals surface area (Å²) in [5.74, 6) is 0.0686. The summed E-state index contributed by atoms with van der Waals surface area (Å²) in [7, 11) is 0. The molecule has 0 aliphatic heterocycles. The van der Waals surface area contributed by atoms with Crippen LogP contribution in [0.4, 0.5) is 5.69 Å². The van der Waals surface area contributed by atoms with Crippen LogP contribution in [0.2, 0.25) is 0 Å². The van der Waals surface area contributed by atoms with E-state index in [1.54, 1.807) is 6.92 Å². The summed E-state index contributed by atoms with van der Waals surface area (Å²) in [5.41, 5.74) is 8.94. The number of nitrogens with zero attached hydrogens (tertiary/aromatic N) is 2. The Morgan fingerprint density at radius 1 is 1.07 bits per heavy atom. The maximum Gasteiger partial charge on any atom is 0.159 e. The molecule has 0 saturated carbocycles. The number of aryl methyl sites for hydroxylation is 3. The summed E-state index contributed by atoms with van der Waals surface area (Å²) in [5, 5.41) is 0. The lowest BCUT2D eigenvalue weighted by atomic mass is 10.1. The van der Waals surface area contributed by atoms with Gasteiger partial charge >= 0.3 is 0 Å². The number of aromatic nitrogens is 1. The molecule has 0 amide bonds. The van der Waals surface area contributed by atoms with Gasteiger partial charge in [0, 0.05) is 28.7 Å². The van der Waals surface area contributed by atoms with E-state index in [0.29, 0.717) is 5.56 Å². The van der Waals surface area contributed by atoms with Crippen molar-refractivity contribution < 1.29 is 4.79 Å². The fraction of sp³-hybridized carbons (Fsp3) is 0.250. The summed E-state index contributed by atoms with van der Waals surface area (Å²) in [4.78, 5) is 16.0. The quantitative estimate of drug-likeness (QED) is 0.412. The predicted octanol–water partition coefficient (Wildman–Crippen LogP) is 5.92. The highest BCUT2D eigenvalue weighted by molar-refractivity contribution is 5.94. The summed E-state index contributed by atoms with van der Waals surface area (Å²) < 4.78 is 2.33. The molecule has 0 bridgehead atoms. The van der Waals surface area contributed by atoms with Gasteiger partial charge in [0.15, 0.2) is 5.78 Å². The first-order valence-electron chi connectivity index (χ1n) is 9.35. The van der Waals surface area contributed by atoms with Crippen LogP contribution in [0.5, 0.6) is 0 Å². The van der Waals surface area contributed by atoms with Crippen LogP contribution in [0, 0.1) is 20.8 Å². The number of hydrogen-bond donors (Lipinski definition) is 0. The molecule has 0 unspecified atom stereocenters. The van der Waals surface area contributed by atoms with Gasteiger partial charge in [0.05, 0.1) is 11.4 Å². The molecule has 0 N–H and O–H groups in total. The van der Waals surface area contributed by atoms with Gasteiger partial charge in [0.25, 0.3) is 0 Å². The molecule has 138 valence electrons. The van der Waals surface area contributed by atoms with Crippen LogP contribution >= 0.6 is 0 Å². The molecule has 0 aliphatic rings. The number of hydrogen-bond acceptors (Lipinski definition) is 2. The third-order valence-corrected chi connectivity index (χ3v) is 5.02. The van der Waals surface area contributed by atoms with E-state index < -0.39 is 0 Å². The second-order valence-electron chi connectivity index (χ2n) is 6.96. The zero-order chi connectivity index (χ0) is 19.6. The maximum absolute atomic E-state index is 11.4. The second-order valence-corrected chi connectivity index (χ2v) is 6.96. The van der Waals surface area contributed by atoms with E-state index in [0.717, 1.165) is 17.7 Å². The maximum atomic E-state index is 11.4. The number of ketones is 1. The summed E-state index contributed by atoms with van der Waals surface area (Å²) >= 11 is 0. The van der Waals surface area contributed by atoms with Gasteiger partial charge in [0.2, 0.25) is 0 Å². The molecule has 0 saturated heterocycles. The van der Waals surface area contributed by atoms with Crippen LogP contribution in [0.15, 0.2) is 53.5 Å². The van der Waals surface area contributed by atoms with E-state index in [-0.39, 0.29) is 5.78 Å². The van der Waals surface area contributed by atoms with E-state index >= 15 is 0 Å². The first-order valence-corrected chi connectivity index (χ1v) is 9.35. The molecule has 0 fully saturated rings. The Hall–Kier alpha value is -2.94. The first-order chi connectivity index (χ1) is 12.9. The molecule has 3 nitrogen and oxygen atoms in total. The van der Waals surface area contributed by atoms with Crippen LogP contribution < -0.4 is 0 Å². The van der Waals surface area contributed by atoms with Gasteiger partial charge in [-0.15, -0.1) is 0 Å². The number of carbonyl (C=O) groups excluding carboxylic acids is 1. The number of aliphatic imine (C=N–C) groups is 1. The van der Waals surface area contributed by atoms with Crippen molar-refractivity contribution in [3.05, 3.63) is 82.2 Å². The van der Waals surface area contributed by atoms with Crippen molar-refractivity contribution >= 4 is 17.7 Å². The van der Waals surface area contributed by atoms with Crippen molar-refractivity contribution in [1.29, 1.82) is 0 Å². The van der Waals surface area contributed by atoms with E-state index in [4.69, 9.17) is 0 Å². The molecule has 27 heavy (non-hydrogen) atoms. The molecular formula is C24H26N2O. The molecule has 0 atom stereocenters. The first kappa shape index (κ1) is 18.8. The molecule has 3 aromatic rings. The van der Waals surface area contributed by atoms with Gasteiger partial charge in [-0.1, -0.05) is 25.1 Å². The number of carbonyl (C=O) groups is 1. The second kappa shape index (κ2) is 7.75. The minimum atomic E-state index is 0.0686. The SMILES string of the molecule is CCc1cccc(C)c1-n1c(C)cc(C=Nc2ccc(C(C)=O)cc2)c1C. The summed E-state index contributed by atoms with van der Waals surface area (Å²) in [6.07, 6.45) is 2.91. The van der Waals surface area contributed by atoms with Crippen molar-refractivity contribution in [3.63, 3.8) is 0 Å². The zero-order valence-corrected chi connectivity index (χ0v) is 16.7. The Morgan fingerprint density at radius 3 is 2.41 bits per heavy atom. The zero-order valence-electron chi connectivity index (χ0n) is 16.7. The third-order valence-electron chi connectivity index (χ3n) is 5.02. The monoisotopic (exact) mass is 358 g/mol. The Balaban J connectivity index is 1.98. The fourth-order valence-electron chi connectivity index (χ4n) is 3.51. The van der Waals surface area contributed by atoms with Crippen molar-refractivity contribution in [2.45, 2.75) is 41.0 Å². The standard InChI is InChI=1S/C24H26N2O/c1-6-20-9-7-8-16(2)24(20)26-17(3)14-22(18(26)4)15-25-23-12-10-21(11-13-23)19(5)27/h7-15H,6H2,1-5H3. The molecule has 1 aromatic heterocycles. The molecule has 3 heteroatoms. The van der Waals surface area contributed by atoms with Gasteiger partial charge in [-0.05, 0) is 75.6 Å². The Morgan fingerprint density at radius 2 is 1.78 bits per heavy atom. The highest BCUT2D eigenvalue weighted by atomic mass is 16.1. The van der Waals surface area contributed by atoms with Crippen molar-refractivity contribution in [3.8, 4) is 5.69 Å². The van der Waals surface area contributed by atoms with Crippen molar-refractivity contribution in [2.75, 3.05) is 0 Å². The Bertz CT molecular complexity index is 1010. The number of rotatable bonds is 5. The molecule has 0 spiro atoms. The lowest BCUT2D eigenvalue weighted by Crippen LogP contribution is -2.05. The van der Waals surface area contributed by atoms with Crippen LogP contribution in [-0.4, -0.2) is 16.6 Å². The van der Waals surface area contributed by atoms with Crippen LogP contribution in [0.1, 0.15) is 52.3 Å². The smallest absolute Gasteiger partial charge is 0.159 e. The number of para-hydroxylation sites is 1. The number of benzene rings is 2. The molecule has 2 aromatic carbocycles. The minimum absolute atomic E-state index is 0.0686. The lowest BCUT2D eigenvalue weighted by molar-refractivity contribution is 0.101. The molecule has 1 heterocycles. The highest BCUT2D eigenvalue weighted by Gasteiger charge is 2.14. The molecule has 0 radical (unpaired) electrons. The van der Waals surface area contributed by atoms with Crippen LogP contribution in [-0.2, 0) is 6.42 Å². The van der Waals surface area contributed by atoms with Gasteiger partial charge in [-0.3, -0.25) is 9.79 Å². The lowest BCUT2D eigenvalue weighted by Gasteiger charge is -2.17. The molecular weight excluding hydrogens is 332 g/mol. The summed E-state index contributed by atoms with van der Waals surface area (Å²) in [6, 6.07) is 16.1. The Kier molecular flexibility index (Phi) is 5.41. The van der Waals surface area contributed by atoms with Crippen LogP contribution in [0.25, 0.3) is 5.69 Å². The van der Waals surface area contributed by atoms with E-state index in [9.17, 15) is 4.79 Å². The van der Waals surface area contributed by atoms with Gasteiger partial charge < -0.3 is 4.57 Å². The summed E-state index contributed by atoms with van der Waals surface area (Å²) in [6.45, 7) is 10.2. The Labute approximate surface area is 161 Å². The topological polar surface area (TPSA) is 34.4 Å². The van der Waals surface area contributed by atoms with E-state index in [1.165, 1.54) is 28.2 Å². The normalized spacial score (nSPS) is 11.3. The molecule has 3 rings (SSSR count). The average molecular weight is 358 g/mol.